The van der Waals surface area contributed by atoms with Crippen molar-refractivity contribution in [2.45, 2.75) is 0 Å². The van der Waals surface area contributed by atoms with Gasteiger partial charge in [-0.15, -0.1) is 0 Å². The molecule has 3 rings (SSSR count). The molecule has 2 heterocycles. The molecule has 94 valence electrons. The minimum atomic E-state index is 0.101. The van der Waals surface area contributed by atoms with Crippen LogP contribution in [0.2, 0.25) is 0 Å². The first kappa shape index (κ1) is 11.8. The first-order chi connectivity index (χ1) is 8.74. The third kappa shape index (κ3) is 2.18. The lowest BCUT2D eigenvalue weighted by atomic mass is 10.2. The normalized spacial score (nSPS) is 16.1. The quantitative estimate of drug-likeness (QED) is 0.868. The number of thiazole rings is 1. The molecule has 2 N–H and O–H groups in total. The average Bonchev–Trinajstić information content (AvgIpc) is 2.78. The standard InChI is InChI=1S/C12H13N3OS2/c13-12-14-9-7-8(1-2-10(9)18-12)11(16)15-3-5-17-6-4-15/h1-2,7H,3-6H2,(H2,13,14). The number of nitrogens with zero attached hydrogens (tertiary/aromatic N) is 2. The van der Waals surface area contributed by atoms with E-state index in [1.54, 1.807) is 0 Å². The van der Waals surface area contributed by atoms with E-state index < -0.39 is 0 Å². The van der Waals surface area contributed by atoms with E-state index in [-0.39, 0.29) is 5.91 Å². The highest BCUT2D eigenvalue weighted by Crippen LogP contribution is 2.25. The molecular formula is C12H13N3OS2. The van der Waals surface area contributed by atoms with Gasteiger partial charge in [0.1, 0.15) is 0 Å². The van der Waals surface area contributed by atoms with Gasteiger partial charge in [-0.05, 0) is 18.2 Å². The van der Waals surface area contributed by atoms with Crippen LogP contribution in [0.4, 0.5) is 5.13 Å². The van der Waals surface area contributed by atoms with E-state index in [0.29, 0.717) is 10.7 Å². The first-order valence-corrected chi connectivity index (χ1v) is 7.74. The summed E-state index contributed by atoms with van der Waals surface area (Å²) in [5.41, 5.74) is 7.19. The molecule has 1 aliphatic rings. The van der Waals surface area contributed by atoms with Gasteiger partial charge in [-0.3, -0.25) is 4.79 Å². The third-order valence-corrected chi connectivity index (χ3v) is 4.76. The molecule has 0 radical (unpaired) electrons. The molecule has 1 amide bonds. The fraction of sp³-hybridized carbons (Fsp3) is 0.333. The van der Waals surface area contributed by atoms with Gasteiger partial charge in [0.2, 0.25) is 0 Å². The summed E-state index contributed by atoms with van der Waals surface area (Å²) < 4.78 is 1.03. The van der Waals surface area contributed by atoms with Gasteiger partial charge >= 0.3 is 0 Å². The highest BCUT2D eigenvalue weighted by atomic mass is 32.2. The van der Waals surface area contributed by atoms with Crippen molar-refractivity contribution in [1.82, 2.24) is 9.88 Å². The molecule has 0 bridgehead atoms. The van der Waals surface area contributed by atoms with Gasteiger partial charge in [-0.25, -0.2) is 4.98 Å². The van der Waals surface area contributed by atoms with Gasteiger partial charge in [0, 0.05) is 30.2 Å². The van der Waals surface area contributed by atoms with Gasteiger partial charge in [0.15, 0.2) is 5.13 Å². The molecule has 1 aromatic carbocycles. The van der Waals surface area contributed by atoms with E-state index in [4.69, 9.17) is 5.73 Å². The smallest absolute Gasteiger partial charge is 0.253 e. The highest BCUT2D eigenvalue weighted by molar-refractivity contribution is 7.99. The van der Waals surface area contributed by atoms with Crippen LogP contribution < -0.4 is 5.73 Å². The van der Waals surface area contributed by atoms with E-state index >= 15 is 0 Å². The molecule has 1 fully saturated rings. The number of thioether (sulfide) groups is 1. The summed E-state index contributed by atoms with van der Waals surface area (Å²) in [6.45, 7) is 1.67. The molecule has 0 spiro atoms. The number of carbonyl (C=O) groups is 1. The van der Waals surface area contributed by atoms with Crippen molar-refractivity contribution in [3.63, 3.8) is 0 Å². The molecule has 4 nitrogen and oxygen atoms in total. The highest BCUT2D eigenvalue weighted by Gasteiger charge is 2.18. The van der Waals surface area contributed by atoms with Crippen LogP contribution in [-0.2, 0) is 0 Å². The molecule has 1 aliphatic heterocycles. The van der Waals surface area contributed by atoms with Gasteiger partial charge in [0.25, 0.3) is 5.91 Å². The number of hydrogen-bond donors (Lipinski definition) is 1. The summed E-state index contributed by atoms with van der Waals surface area (Å²) >= 11 is 3.34. The number of nitrogens with two attached hydrogens (primary N) is 1. The summed E-state index contributed by atoms with van der Waals surface area (Å²) in [6.07, 6.45) is 0. The summed E-state index contributed by atoms with van der Waals surface area (Å²) in [6, 6.07) is 5.63. The van der Waals surface area contributed by atoms with Crippen LogP contribution in [-0.4, -0.2) is 40.4 Å². The molecule has 0 unspecified atom stereocenters. The molecule has 6 heteroatoms. The predicted octanol–water partition coefficient (Wildman–Crippen LogP) is 2.07. The largest absolute Gasteiger partial charge is 0.375 e. The number of fused-ring (bicyclic) bond motifs is 1. The molecule has 18 heavy (non-hydrogen) atoms. The summed E-state index contributed by atoms with van der Waals surface area (Å²) in [7, 11) is 0. The minimum Gasteiger partial charge on any atom is -0.375 e. The second-order valence-electron chi connectivity index (χ2n) is 4.14. The average molecular weight is 279 g/mol. The molecule has 0 aliphatic carbocycles. The van der Waals surface area contributed by atoms with Crippen molar-refractivity contribution < 1.29 is 4.79 Å². The van der Waals surface area contributed by atoms with Crippen LogP contribution in [0.5, 0.6) is 0 Å². The molecular weight excluding hydrogens is 266 g/mol. The lowest BCUT2D eigenvalue weighted by molar-refractivity contribution is 0.0772. The zero-order chi connectivity index (χ0) is 12.5. The van der Waals surface area contributed by atoms with E-state index in [1.165, 1.54) is 11.3 Å². The number of anilines is 1. The Balaban J connectivity index is 1.90. The number of carbonyl (C=O) groups excluding carboxylic acids is 1. The zero-order valence-electron chi connectivity index (χ0n) is 9.76. The Bertz CT molecular complexity index is 590. The summed E-state index contributed by atoms with van der Waals surface area (Å²) in [5.74, 6) is 2.15. The number of rotatable bonds is 1. The summed E-state index contributed by atoms with van der Waals surface area (Å²) in [4.78, 5) is 18.4. The van der Waals surface area contributed by atoms with Crippen LogP contribution in [0.15, 0.2) is 18.2 Å². The van der Waals surface area contributed by atoms with Crippen molar-refractivity contribution in [3.8, 4) is 0 Å². The first-order valence-electron chi connectivity index (χ1n) is 5.77. The van der Waals surface area contributed by atoms with E-state index in [2.05, 4.69) is 4.98 Å². The summed E-state index contributed by atoms with van der Waals surface area (Å²) in [5, 5.41) is 0.545. The Morgan fingerprint density at radius 1 is 1.33 bits per heavy atom. The van der Waals surface area contributed by atoms with Crippen LogP contribution in [0.1, 0.15) is 10.4 Å². The van der Waals surface area contributed by atoms with Crippen molar-refractivity contribution in [3.05, 3.63) is 23.8 Å². The van der Waals surface area contributed by atoms with E-state index in [9.17, 15) is 4.79 Å². The molecule has 1 aromatic heterocycles. The van der Waals surface area contributed by atoms with Gasteiger partial charge in [-0.2, -0.15) is 11.8 Å². The van der Waals surface area contributed by atoms with Crippen molar-refractivity contribution in [2.24, 2.45) is 0 Å². The fourth-order valence-electron chi connectivity index (χ4n) is 2.03. The fourth-order valence-corrected chi connectivity index (χ4v) is 3.64. The van der Waals surface area contributed by atoms with Crippen LogP contribution >= 0.6 is 23.1 Å². The topological polar surface area (TPSA) is 59.2 Å². The van der Waals surface area contributed by atoms with E-state index in [1.807, 2.05) is 34.9 Å². The number of benzene rings is 1. The number of hydrogen-bond acceptors (Lipinski definition) is 5. The second kappa shape index (κ2) is 4.78. The van der Waals surface area contributed by atoms with Crippen molar-refractivity contribution in [1.29, 1.82) is 0 Å². The van der Waals surface area contributed by atoms with Crippen LogP contribution in [0.25, 0.3) is 10.2 Å². The Labute approximate surface area is 113 Å². The van der Waals surface area contributed by atoms with E-state index in [0.717, 1.165) is 34.8 Å². The maximum Gasteiger partial charge on any atom is 0.253 e. The Kier molecular flexibility index (Phi) is 3.13. The monoisotopic (exact) mass is 279 g/mol. The van der Waals surface area contributed by atoms with Crippen LogP contribution in [0, 0.1) is 0 Å². The Morgan fingerprint density at radius 3 is 2.89 bits per heavy atom. The zero-order valence-corrected chi connectivity index (χ0v) is 11.4. The Hall–Kier alpha value is -1.27. The Morgan fingerprint density at radius 2 is 2.11 bits per heavy atom. The third-order valence-electron chi connectivity index (χ3n) is 2.95. The van der Waals surface area contributed by atoms with Gasteiger partial charge < -0.3 is 10.6 Å². The molecule has 1 saturated heterocycles. The lowest BCUT2D eigenvalue weighted by Gasteiger charge is -2.26. The van der Waals surface area contributed by atoms with Crippen LogP contribution in [0.3, 0.4) is 0 Å². The van der Waals surface area contributed by atoms with Gasteiger partial charge in [-0.1, -0.05) is 11.3 Å². The number of amides is 1. The minimum absolute atomic E-state index is 0.101. The second-order valence-corrected chi connectivity index (χ2v) is 6.43. The lowest BCUT2D eigenvalue weighted by Crippen LogP contribution is -2.37. The maximum absolute atomic E-state index is 12.3. The number of nitrogen functional groups attached to an aromatic ring is 1. The predicted molar refractivity (Wildman–Crippen MR) is 77.3 cm³/mol. The SMILES string of the molecule is Nc1nc2cc(C(=O)N3CCSCC3)ccc2s1. The molecule has 2 aromatic rings. The molecule has 0 saturated carbocycles. The number of aromatic nitrogens is 1. The van der Waals surface area contributed by atoms with Crippen molar-refractivity contribution in [2.75, 3.05) is 30.3 Å². The van der Waals surface area contributed by atoms with Crippen molar-refractivity contribution >= 4 is 44.4 Å². The molecule has 0 atom stereocenters. The maximum atomic E-state index is 12.3. The van der Waals surface area contributed by atoms with Gasteiger partial charge in [0.05, 0.1) is 10.2 Å².